The average Bonchev–Trinajstić information content (AvgIpc) is 1.50. The fourth-order valence-corrected chi connectivity index (χ4v) is 14.3. The van der Waals surface area contributed by atoms with Crippen LogP contribution in [-0.2, 0) is 16.2 Å². The van der Waals surface area contributed by atoms with Crippen LogP contribution in [0.1, 0.15) is 74.9 Å². The summed E-state index contributed by atoms with van der Waals surface area (Å²) in [5, 5.41) is 8.50. The molecule has 402 valence electrons. The van der Waals surface area contributed by atoms with Crippen LogP contribution in [0.2, 0.25) is 0 Å². The van der Waals surface area contributed by atoms with Gasteiger partial charge < -0.3 is 23.1 Å². The topological polar surface area (TPSA) is 58.8 Å². The molecule has 11 aromatic carbocycles. The Balaban J connectivity index is 1.01. The smallest absolute Gasteiger partial charge is 0.227 e. The maximum atomic E-state index is 7.46. The van der Waals surface area contributed by atoms with Crippen molar-refractivity contribution in [3.05, 3.63) is 270 Å². The maximum absolute atomic E-state index is 7.46. The predicted molar refractivity (Wildman–Crippen MR) is 347 cm³/mol. The zero-order chi connectivity index (χ0) is 56.4. The van der Waals surface area contributed by atoms with E-state index < -0.39 is 5.41 Å². The van der Waals surface area contributed by atoms with E-state index in [2.05, 4.69) is 264 Å². The normalized spacial score (nSPS) is 13.5. The summed E-state index contributed by atoms with van der Waals surface area (Å²) in [6, 6.07) is 84.7. The molecular weight excluding hydrogens is 1030 g/mol. The molecule has 0 atom stereocenters. The number of hydrogen-bond acceptors (Lipinski definition) is 6. The number of aromatic nitrogens is 1. The van der Waals surface area contributed by atoms with Crippen LogP contribution in [0.5, 0.6) is 0 Å². The number of rotatable bonds is 6. The highest BCUT2D eigenvalue weighted by atomic mass is 16.3. The lowest BCUT2D eigenvalue weighted by atomic mass is 9.70. The van der Waals surface area contributed by atoms with Crippen LogP contribution >= 0.6 is 0 Å². The second-order valence-electron chi connectivity index (χ2n) is 25.0. The SMILES string of the molecule is CC(C)(C)c1ccc(N(c2ccc3c(c2)oc2ccccc23)c2cc3c(c4ccccc24)-c2c(cc(N(c4ccc(C(C)(C)C)cc4)c4ccc5c(c4)oc4ccccc45)c4c2oc2ncccc24)C32c3ccccc3-c3ccccc32)cc1. The Hall–Kier alpha value is -10.2. The molecule has 84 heavy (non-hydrogen) atoms. The molecule has 0 fully saturated rings. The van der Waals surface area contributed by atoms with Gasteiger partial charge in [0.25, 0.3) is 0 Å². The molecule has 0 unspecified atom stereocenters. The van der Waals surface area contributed by atoms with Crippen LogP contribution in [0, 0.1) is 0 Å². The van der Waals surface area contributed by atoms with Crippen molar-refractivity contribution in [2.24, 2.45) is 0 Å². The zero-order valence-corrected chi connectivity index (χ0v) is 47.6. The van der Waals surface area contributed by atoms with Gasteiger partial charge in [-0.2, -0.15) is 0 Å². The molecule has 6 heteroatoms. The third-order valence-electron chi connectivity index (χ3n) is 18.2. The number of hydrogen-bond donors (Lipinski definition) is 0. The molecule has 17 rings (SSSR count). The number of pyridine rings is 1. The van der Waals surface area contributed by atoms with Crippen LogP contribution in [0.3, 0.4) is 0 Å². The molecule has 0 saturated carbocycles. The summed E-state index contributed by atoms with van der Waals surface area (Å²) in [6.07, 6.45) is 1.84. The number of para-hydroxylation sites is 2. The molecule has 0 amide bonds. The first-order valence-electron chi connectivity index (χ1n) is 29.2. The second kappa shape index (κ2) is 17.4. The molecule has 2 aliphatic carbocycles. The van der Waals surface area contributed by atoms with Crippen molar-refractivity contribution in [3.8, 4) is 22.3 Å². The van der Waals surface area contributed by atoms with E-state index in [0.29, 0.717) is 5.71 Å². The summed E-state index contributed by atoms with van der Waals surface area (Å²) < 4.78 is 20.9. The summed E-state index contributed by atoms with van der Waals surface area (Å²) in [6.45, 7) is 13.6. The molecule has 0 aliphatic heterocycles. The van der Waals surface area contributed by atoms with Gasteiger partial charge in [0, 0.05) is 73.6 Å². The molecule has 0 N–H and O–H groups in total. The van der Waals surface area contributed by atoms with Crippen molar-refractivity contribution in [1.82, 2.24) is 4.98 Å². The minimum Gasteiger partial charge on any atom is -0.456 e. The Labute approximate surface area is 486 Å². The molecule has 4 aromatic heterocycles. The predicted octanol–water partition coefficient (Wildman–Crippen LogP) is 21.8. The number of furan rings is 3. The van der Waals surface area contributed by atoms with Crippen LogP contribution in [0.4, 0.5) is 34.1 Å². The Kier molecular flexibility index (Phi) is 10.1. The van der Waals surface area contributed by atoms with Gasteiger partial charge in [-0.3, -0.25) is 0 Å². The first kappa shape index (κ1) is 48.5. The monoisotopic (exact) mass is 1080 g/mol. The summed E-state index contributed by atoms with van der Waals surface area (Å²) in [5.41, 5.74) is 21.8. The summed E-state index contributed by atoms with van der Waals surface area (Å²) >= 11 is 0. The number of fused-ring (bicyclic) bond motifs is 22. The van der Waals surface area contributed by atoms with Crippen molar-refractivity contribution in [1.29, 1.82) is 0 Å². The van der Waals surface area contributed by atoms with Gasteiger partial charge in [0.05, 0.1) is 27.6 Å². The van der Waals surface area contributed by atoms with Crippen molar-refractivity contribution in [2.75, 3.05) is 9.80 Å². The maximum Gasteiger partial charge on any atom is 0.227 e. The molecule has 1 spiro atoms. The Bertz CT molecular complexity index is 5190. The molecule has 0 radical (unpaired) electrons. The molecule has 0 bridgehead atoms. The van der Waals surface area contributed by atoms with E-state index in [1.165, 1.54) is 38.9 Å². The van der Waals surface area contributed by atoms with Gasteiger partial charge in [-0.25, -0.2) is 4.98 Å². The lowest BCUT2D eigenvalue weighted by Gasteiger charge is -2.34. The van der Waals surface area contributed by atoms with Gasteiger partial charge in [0.1, 0.15) is 27.9 Å². The van der Waals surface area contributed by atoms with Crippen LogP contribution in [0.15, 0.2) is 250 Å². The molecule has 2 aliphatic rings. The highest BCUT2D eigenvalue weighted by molar-refractivity contribution is 6.23. The Morgan fingerprint density at radius 2 is 0.786 bits per heavy atom. The van der Waals surface area contributed by atoms with Crippen molar-refractivity contribution >= 4 is 111 Å². The zero-order valence-electron chi connectivity index (χ0n) is 47.6. The summed E-state index contributed by atoms with van der Waals surface area (Å²) in [5.74, 6) is 0. The van der Waals surface area contributed by atoms with Crippen LogP contribution in [0.25, 0.3) is 99.0 Å². The third-order valence-corrected chi connectivity index (χ3v) is 18.2. The summed E-state index contributed by atoms with van der Waals surface area (Å²) in [4.78, 5) is 9.90. The molecule has 15 aromatic rings. The first-order chi connectivity index (χ1) is 40.9. The first-order valence-corrected chi connectivity index (χ1v) is 29.2. The largest absolute Gasteiger partial charge is 0.456 e. The number of benzene rings is 11. The Morgan fingerprint density at radius 1 is 0.345 bits per heavy atom. The van der Waals surface area contributed by atoms with Crippen molar-refractivity contribution in [2.45, 2.75) is 57.8 Å². The van der Waals surface area contributed by atoms with Gasteiger partial charge in [0.15, 0.2) is 0 Å². The third kappa shape index (κ3) is 6.82. The van der Waals surface area contributed by atoms with Gasteiger partial charge >= 0.3 is 0 Å². The quantitative estimate of drug-likeness (QED) is 0.165. The fourth-order valence-electron chi connectivity index (χ4n) is 14.3. The second-order valence-corrected chi connectivity index (χ2v) is 25.0. The lowest BCUT2D eigenvalue weighted by Crippen LogP contribution is -2.26. The van der Waals surface area contributed by atoms with E-state index in [9.17, 15) is 0 Å². The van der Waals surface area contributed by atoms with E-state index >= 15 is 0 Å². The van der Waals surface area contributed by atoms with Gasteiger partial charge in [0.2, 0.25) is 5.71 Å². The number of anilines is 6. The molecular formula is C78H57N3O3. The van der Waals surface area contributed by atoms with Crippen molar-refractivity contribution < 1.29 is 13.3 Å². The highest BCUT2D eigenvalue weighted by Crippen LogP contribution is 2.67. The minimum atomic E-state index is -0.832. The van der Waals surface area contributed by atoms with Crippen molar-refractivity contribution in [3.63, 3.8) is 0 Å². The van der Waals surface area contributed by atoms with Crippen LogP contribution in [-0.4, -0.2) is 4.98 Å². The van der Waals surface area contributed by atoms with E-state index in [1.807, 2.05) is 24.4 Å². The van der Waals surface area contributed by atoms with Gasteiger partial charge in [-0.05, 0) is 151 Å². The van der Waals surface area contributed by atoms with Gasteiger partial charge in [-0.15, -0.1) is 0 Å². The summed E-state index contributed by atoms with van der Waals surface area (Å²) in [7, 11) is 0. The standard InChI is InChI=1S/C78H57N3O3/c1-76(2,3)46-29-33-48(34-30-46)80(50-37-39-57-55-21-11-15-27-67(55)82-69(57)42-50)65-44-63-71(59-23-8-7-20-54(59)65)73-64(78(63)61-25-13-9-18-52(61)53-19-10-14-26-62(53)78)45-66(72-60-24-17-41-79-75(60)84-74(72)73)81(49-35-31-47(32-36-49)77(4,5)6)51-38-40-58-56-22-12-16-28-68(56)83-70(58)43-51/h7-45H,1-6H3. The minimum absolute atomic E-state index is 0.0414. The van der Waals surface area contributed by atoms with Gasteiger partial charge in [-0.1, -0.05) is 175 Å². The van der Waals surface area contributed by atoms with E-state index in [4.69, 9.17) is 18.2 Å². The average molecular weight is 1080 g/mol. The number of nitrogens with zero attached hydrogens (tertiary/aromatic N) is 3. The molecule has 6 nitrogen and oxygen atoms in total. The fraction of sp³-hybridized carbons (Fsp3) is 0.115. The van der Waals surface area contributed by atoms with Crippen LogP contribution < -0.4 is 9.80 Å². The molecule has 4 heterocycles. The lowest BCUT2D eigenvalue weighted by molar-refractivity contribution is 0.590. The highest BCUT2D eigenvalue weighted by Gasteiger charge is 2.54. The van der Waals surface area contributed by atoms with E-state index in [0.717, 1.165) is 122 Å². The molecule has 0 saturated heterocycles. The Morgan fingerprint density at radius 3 is 1.35 bits per heavy atom. The van der Waals surface area contributed by atoms with E-state index in [1.54, 1.807) is 0 Å². The van der Waals surface area contributed by atoms with E-state index in [-0.39, 0.29) is 10.8 Å².